The van der Waals surface area contributed by atoms with E-state index in [1.54, 1.807) is 0 Å². The molecule has 0 heterocycles. The molecule has 2 atom stereocenters. The summed E-state index contributed by atoms with van der Waals surface area (Å²) in [6.07, 6.45) is 2.43. The van der Waals surface area contributed by atoms with Crippen LogP contribution in [0, 0.1) is 11.3 Å². The van der Waals surface area contributed by atoms with Gasteiger partial charge in [-0.05, 0) is 36.7 Å². The summed E-state index contributed by atoms with van der Waals surface area (Å²) in [5, 5.41) is 0. The maximum absolute atomic E-state index is 2.43. The molecular weight excluding hydrogens is 180 g/mol. The van der Waals surface area contributed by atoms with E-state index in [4.69, 9.17) is 0 Å². The predicted molar refractivity (Wildman–Crippen MR) is 65.9 cm³/mol. The standard InChI is InChI=1S/C15H20/c1-11(2)10-13-14(15(13,3)4)12-8-6-5-7-9-12/h5-10,13-14H,1-4H3/t13-,14-/m1/s1. The fourth-order valence-electron chi connectivity index (χ4n) is 2.64. The predicted octanol–water partition coefficient (Wildman–Crippen LogP) is 4.39. The van der Waals surface area contributed by atoms with Gasteiger partial charge in [0.1, 0.15) is 0 Å². The van der Waals surface area contributed by atoms with Crippen LogP contribution >= 0.6 is 0 Å². The Morgan fingerprint density at radius 2 is 1.73 bits per heavy atom. The van der Waals surface area contributed by atoms with Crippen LogP contribution < -0.4 is 0 Å². The molecule has 0 unspecified atom stereocenters. The summed E-state index contributed by atoms with van der Waals surface area (Å²) in [6.45, 7) is 9.12. The van der Waals surface area contributed by atoms with Crippen LogP contribution in [-0.4, -0.2) is 0 Å². The van der Waals surface area contributed by atoms with E-state index in [0.29, 0.717) is 11.3 Å². The largest absolute Gasteiger partial charge is 0.0816 e. The Morgan fingerprint density at radius 1 is 1.13 bits per heavy atom. The Bertz CT molecular complexity index is 366. The lowest BCUT2D eigenvalue weighted by Crippen LogP contribution is -1.89. The third-order valence-electron chi connectivity index (χ3n) is 3.58. The van der Waals surface area contributed by atoms with Gasteiger partial charge >= 0.3 is 0 Å². The van der Waals surface area contributed by atoms with Crippen LogP contribution in [-0.2, 0) is 0 Å². The number of benzene rings is 1. The third-order valence-corrected chi connectivity index (χ3v) is 3.58. The highest BCUT2D eigenvalue weighted by atomic mass is 14.6. The van der Waals surface area contributed by atoms with Crippen LogP contribution in [0.15, 0.2) is 42.0 Å². The Hall–Kier alpha value is -1.04. The van der Waals surface area contributed by atoms with Gasteiger partial charge in [-0.1, -0.05) is 55.8 Å². The first-order valence-corrected chi connectivity index (χ1v) is 5.73. The molecule has 0 bridgehead atoms. The van der Waals surface area contributed by atoms with Crippen molar-refractivity contribution < 1.29 is 0 Å². The second-order valence-corrected chi connectivity index (χ2v) is 5.48. The summed E-state index contributed by atoms with van der Waals surface area (Å²) < 4.78 is 0. The van der Waals surface area contributed by atoms with E-state index >= 15 is 0 Å². The third kappa shape index (κ3) is 1.86. The van der Waals surface area contributed by atoms with Crippen molar-refractivity contribution in [3.63, 3.8) is 0 Å². The first kappa shape index (κ1) is 10.5. The lowest BCUT2D eigenvalue weighted by molar-refractivity contribution is 0.592. The van der Waals surface area contributed by atoms with E-state index in [1.165, 1.54) is 11.1 Å². The van der Waals surface area contributed by atoms with E-state index in [2.05, 4.69) is 64.1 Å². The second kappa shape index (κ2) is 3.52. The van der Waals surface area contributed by atoms with Gasteiger partial charge in [-0.3, -0.25) is 0 Å². The highest BCUT2D eigenvalue weighted by Gasteiger charge is 2.56. The highest BCUT2D eigenvalue weighted by molar-refractivity contribution is 5.35. The zero-order valence-electron chi connectivity index (χ0n) is 10.1. The monoisotopic (exact) mass is 200 g/mol. The van der Waals surface area contributed by atoms with Crippen molar-refractivity contribution in [2.24, 2.45) is 11.3 Å². The number of rotatable bonds is 2. The molecule has 0 nitrogen and oxygen atoms in total. The normalized spacial score (nSPS) is 27.2. The molecule has 0 aliphatic heterocycles. The Labute approximate surface area is 93.0 Å². The van der Waals surface area contributed by atoms with E-state index in [0.717, 1.165) is 5.92 Å². The first-order valence-electron chi connectivity index (χ1n) is 5.73. The SMILES string of the molecule is CC(C)=C[C@@H]1[C@@H](c2ccccc2)C1(C)C. The van der Waals surface area contributed by atoms with Gasteiger partial charge in [-0.2, -0.15) is 0 Å². The van der Waals surface area contributed by atoms with Crippen LogP contribution in [0.4, 0.5) is 0 Å². The van der Waals surface area contributed by atoms with E-state index in [1.807, 2.05) is 0 Å². The number of hydrogen-bond acceptors (Lipinski definition) is 0. The summed E-state index contributed by atoms with van der Waals surface area (Å²) in [5.74, 6) is 1.44. The smallest absolute Gasteiger partial charge is 0.00364 e. The van der Waals surface area contributed by atoms with Crippen LogP contribution in [0.5, 0.6) is 0 Å². The summed E-state index contributed by atoms with van der Waals surface area (Å²) >= 11 is 0. The van der Waals surface area contributed by atoms with Gasteiger partial charge in [0.2, 0.25) is 0 Å². The van der Waals surface area contributed by atoms with E-state index < -0.39 is 0 Å². The van der Waals surface area contributed by atoms with Crippen LogP contribution in [0.25, 0.3) is 0 Å². The van der Waals surface area contributed by atoms with Gasteiger partial charge in [0.25, 0.3) is 0 Å². The fourth-order valence-corrected chi connectivity index (χ4v) is 2.64. The number of allylic oxidation sites excluding steroid dienone is 2. The Kier molecular flexibility index (Phi) is 2.46. The fraction of sp³-hybridized carbons (Fsp3) is 0.467. The highest BCUT2D eigenvalue weighted by Crippen LogP contribution is 2.65. The van der Waals surface area contributed by atoms with Gasteiger partial charge in [-0.25, -0.2) is 0 Å². The van der Waals surface area contributed by atoms with Crippen molar-refractivity contribution in [1.29, 1.82) is 0 Å². The molecule has 0 amide bonds. The molecule has 1 fully saturated rings. The molecule has 0 heteroatoms. The second-order valence-electron chi connectivity index (χ2n) is 5.48. The van der Waals surface area contributed by atoms with Gasteiger partial charge in [0, 0.05) is 0 Å². The Balaban J connectivity index is 2.24. The average molecular weight is 200 g/mol. The van der Waals surface area contributed by atoms with E-state index in [9.17, 15) is 0 Å². The van der Waals surface area contributed by atoms with Crippen LogP contribution in [0.3, 0.4) is 0 Å². The molecule has 1 saturated carbocycles. The van der Waals surface area contributed by atoms with E-state index in [-0.39, 0.29) is 0 Å². The molecule has 1 aliphatic carbocycles. The minimum absolute atomic E-state index is 0.443. The van der Waals surface area contributed by atoms with Crippen LogP contribution in [0.1, 0.15) is 39.2 Å². The molecule has 1 aromatic rings. The minimum atomic E-state index is 0.443. The quantitative estimate of drug-likeness (QED) is 0.621. The molecule has 15 heavy (non-hydrogen) atoms. The molecule has 1 aromatic carbocycles. The molecule has 80 valence electrons. The van der Waals surface area contributed by atoms with Crippen molar-refractivity contribution in [1.82, 2.24) is 0 Å². The van der Waals surface area contributed by atoms with Crippen LogP contribution in [0.2, 0.25) is 0 Å². The molecular formula is C15H20. The summed E-state index contributed by atoms with van der Waals surface area (Å²) in [6, 6.07) is 10.9. The molecule has 0 spiro atoms. The van der Waals surface area contributed by atoms with Gasteiger partial charge < -0.3 is 0 Å². The first-order chi connectivity index (χ1) is 7.03. The minimum Gasteiger partial charge on any atom is -0.0816 e. The van der Waals surface area contributed by atoms with Crippen molar-refractivity contribution >= 4 is 0 Å². The lowest BCUT2D eigenvalue weighted by Gasteiger charge is -2.01. The zero-order chi connectivity index (χ0) is 11.1. The summed E-state index contributed by atoms with van der Waals surface area (Å²) in [7, 11) is 0. The van der Waals surface area contributed by atoms with Crippen molar-refractivity contribution in [3.8, 4) is 0 Å². The zero-order valence-corrected chi connectivity index (χ0v) is 10.1. The van der Waals surface area contributed by atoms with Crippen molar-refractivity contribution in [2.75, 3.05) is 0 Å². The van der Waals surface area contributed by atoms with Gasteiger partial charge in [0.15, 0.2) is 0 Å². The summed E-state index contributed by atoms with van der Waals surface area (Å²) in [4.78, 5) is 0. The van der Waals surface area contributed by atoms with Gasteiger partial charge in [-0.15, -0.1) is 0 Å². The maximum atomic E-state index is 2.43. The van der Waals surface area contributed by atoms with Gasteiger partial charge in [0.05, 0.1) is 0 Å². The molecule has 0 radical (unpaired) electrons. The Morgan fingerprint density at radius 3 is 2.27 bits per heavy atom. The molecule has 0 N–H and O–H groups in total. The average Bonchev–Trinajstić information content (AvgIpc) is 2.68. The maximum Gasteiger partial charge on any atom is -0.00364 e. The van der Waals surface area contributed by atoms with Crippen molar-refractivity contribution in [3.05, 3.63) is 47.5 Å². The molecule has 0 aromatic heterocycles. The topological polar surface area (TPSA) is 0 Å². The summed E-state index contributed by atoms with van der Waals surface area (Å²) in [5.41, 5.74) is 3.37. The molecule has 2 rings (SSSR count). The molecule has 0 saturated heterocycles. The van der Waals surface area contributed by atoms with Crippen molar-refractivity contribution in [2.45, 2.75) is 33.6 Å². The lowest BCUT2D eigenvalue weighted by atomic mass is 10.0. The number of hydrogen-bond donors (Lipinski definition) is 0. The molecule has 1 aliphatic rings.